The van der Waals surface area contributed by atoms with E-state index in [1.165, 1.54) is 9.03 Å². The molecule has 2 amide bonds. The van der Waals surface area contributed by atoms with E-state index in [4.69, 9.17) is 19.2 Å². The lowest BCUT2D eigenvalue weighted by Crippen LogP contribution is -2.51. The Labute approximate surface area is 351 Å². The molecule has 0 aromatic carbocycles. The molecule has 2 aliphatic heterocycles. The Kier molecular flexibility index (Phi) is 13.1. The van der Waals surface area contributed by atoms with Crippen molar-refractivity contribution in [2.75, 3.05) is 69.3 Å². The van der Waals surface area contributed by atoms with Crippen molar-refractivity contribution in [2.24, 2.45) is 0 Å². The maximum Gasteiger partial charge on any atom is 0.410 e. The lowest BCUT2D eigenvalue weighted by molar-refractivity contribution is 0.0230. The number of allylic oxidation sites excluding steroid dienone is 1. The molecule has 0 spiro atoms. The maximum absolute atomic E-state index is 13.5. The van der Waals surface area contributed by atoms with E-state index in [2.05, 4.69) is 47.2 Å². The number of nitrogens with one attached hydrogen (secondary N) is 2. The number of aryl methyl sites for hydroxylation is 2. The van der Waals surface area contributed by atoms with E-state index in [0.29, 0.717) is 104 Å². The number of carbonyl (C=O) groups excluding carboxylic acids is 2. The zero-order valence-corrected chi connectivity index (χ0v) is 37.1. The molecule has 2 fully saturated rings. The van der Waals surface area contributed by atoms with Gasteiger partial charge in [-0.15, -0.1) is 0 Å². The van der Waals surface area contributed by atoms with Crippen LogP contribution in [0.25, 0.3) is 17.1 Å². The summed E-state index contributed by atoms with van der Waals surface area (Å²) in [6.45, 7) is 19.2. The normalized spacial score (nSPS) is 17.9. The van der Waals surface area contributed by atoms with Crippen LogP contribution in [-0.4, -0.2) is 138 Å². The number of anilines is 2. The van der Waals surface area contributed by atoms with Gasteiger partial charge in [0, 0.05) is 59.5 Å². The van der Waals surface area contributed by atoms with Gasteiger partial charge in [0.2, 0.25) is 0 Å². The minimum absolute atomic E-state index is 0.160. The zero-order chi connectivity index (χ0) is 42.8. The van der Waals surface area contributed by atoms with Gasteiger partial charge in [0.05, 0.1) is 17.5 Å². The van der Waals surface area contributed by atoms with Gasteiger partial charge in [0.25, 0.3) is 22.7 Å². The van der Waals surface area contributed by atoms with Crippen LogP contribution in [-0.2, 0) is 27.1 Å². The number of carbonyl (C=O) groups is 2. The van der Waals surface area contributed by atoms with Crippen molar-refractivity contribution in [1.29, 1.82) is 0 Å². The monoisotopic (exact) mass is 884 g/mol. The van der Waals surface area contributed by atoms with E-state index in [0.717, 1.165) is 30.5 Å². The highest BCUT2D eigenvalue weighted by molar-refractivity contribution is 9.10. The van der Waals surface area contributed by atoms with Crippen LogP contribution in [0.2, 0.25) is 0 Å². The van der Waals surface area contributed by atoms with Crippen molar-refractivity contribution in [3.8, 4) is 0 Å². The number of aromatic nitrogens is 8. The fourth-order valence-corrected chi connectivity index (χ4v) is 7.60. The van der Waals surface area contributed by atoms with Crippen molar-refractivity contribution in [2.45, 2.75) is 105 Å². The highest BCUT2D eigenvalue weighted by atomic mass is 79.9. The van der Waals surface area contributed by atoms with Crippen LogP contribution in [0.1, 0.15) is 91.9 Å². The summed E-state index contributed by atoms with van der Waals surface area (Å²) >= 11 is 3.24. The Hall–Kier alpha value is -4.98. The van der Waals surface area contributed by atoms with Crippen LogP contribution >= 0.6 is 15.9 Å². The average molecular weight is 886 g/mol. The second-order valence-corrected chi connectivity index (χ2v) is 17.5. The van der Waals surface area contributed by atoms with Crippen LogP contribution in [0.3, 0.4) is 0 Å². The number of piperazine rings is 2. The van der Waals surface area contributed by atoms with Crippen LogP contribution in [0.4, 0.5) is 21.0 Å². The minimum Gasteiger partial charge on any atom is -0.444 e. The smallest absolute Gasteiger partial charge is 0.410 e. The molecule has 3 aliphatic rings. The number of methoxy groups -OCH3 is 1. The number of rotatable bonds is 6. The molecule has 7 rings (SSSR count). The van der Waals surface area contributed by atoms with Crippen LogP contribution in [0.15, 0.2) is 20.4 Å². The first kappa shape index (κ1) is 43.6. The summed E-state index contributed by atoms with van der Waals surface area (Å²) in [6, 6.07) is 0. The Morgan fingerprint density at radius 3 is 1.59 bits per heavy atom. The number of nitrogens with zero attached hydrogens (tertiary/aromatic N) is 10. The van der Waals surface area contributed by atoms with Crippen molar-refractivity contribution in [3.05, 3.63) is 48.7 Å². The molecule has 19 nitrogen and oxygen atoms in total. The third-order valence-corrected chi connectivity index (χ3v) is 10.6. The molecule has 4 aromatic heterocycles. The zero-order valence-electron chi connectivity index (χ0n) is 35.6. The first-order chi connectivity index (χ1) is 27.9. The Bertz CT molecular complexity index is 2300. The van der Waals surface area contributed by atoms with Crippen molar-refractivity contribution < 1.29 is 23.8 Å². The quantitative estimate of drug-likeness (QED) is 0.276. The van der Waals surface area contributed by atoms with Gasteiger partial charge in [-0.25, -0.2) is 19.6 Å². The molecule has 59 heavy (non-hydrogen) atoms. The fraction of sp³-hybridized carbons (Fsp3) is 0.641. The molecule has 0 bridgehead atoms. The predicted octanol–water partition coefficient (Wildman–Crippen LogP) is 4.42. The molecule has 2 saturated heterocycles. The summed E-state index contributed by atoms with van der Waals surface area (Å²) < 4.78 is 19.6. The summed E-state index contributed by atoms with van der Waals surface area (Å²) in [5.41, 5.74) is 2.25. The number of aromatic amines is 2. The molecule has 6 heterocycles. The number of hydrogen-bond donors (Lipinski definition) is 2. The van der Waals surface area contributed by atoms with E-state index in [1.807, 2.05) is 65.2 Å². The van der Waals surface area contributed by atoms with Gasteiger partial charge >= 0.3 is 12.2 Å². The standard InChI is InChI=1S/C23H34N6O4.C16H23BrN6O3/c1-6-17-18(27-11-13-28(14-12-27)22(31)33-23(2,3)4)20(30)29-21(24-17)25-19(26-29)15-7-9-16(32-5)10-8-15;1-5-10-11(12(24)23-14(18-10)19-13(17)20-23)21-6-8-22(9-7-21)15(25)26-16(2,3)4/h7,16H,6,8-14H2,1-5H3,(H,24,25,26);5-9H2,1-4H3,(H,18,19,20). The Morgan fingerprint density at radius 2 is 1.19 bits per heavy atom. The summed E-state index contributed by atoms with van der Waals surface area (Å²) in [5, 5.41) is 6.01. The summed E-state index contributed by atoms with van der Waals surface area (Å²) in [4.78, 5) is 76.3. The minimum atomic E-state index is -0.534. The fourth-order valence-electron chi connectivity index (χ4n) is 7.26. The van der Waals surface area contributed by atoms with Gasteiger partial charge in [0.1, 0.15) is 22.6 Å². The number of hydrogen-bond acceptors (Lipinski definition) is 13. The average Bonchev–Trinajstić information content (AvgIpc) is 3.80. The number of fused-ring (bicyclic) bond motifs is 2. The lowest BCUT2D eigenvalue weighted by Gasteiger charge is -2.36. The van der Waals surface area contributed by atoms with Gasteiger partial charge in [0.15, 0.2) is 10.6 Å². The summed E-state index contributed by atoms with van der Waals surface area (Å²) in [6.07, 6.45) is 5.55. The highest BCUT2D eigenvalue weighted by Gasteiger charge is 2.31. The predicted molar refractivity (Wildman–Crippen MR) is 226 cm³/mol. The second-order valence-electron chi connectivity index (χ2n) is 16.8. The van der Waals surface area contributed by atoms with E-state index in [9.17, 15) is 19.2 Å². The molecule has 0 saturated carbocycles. The number of H-pyrrole nitrogens is 2. The Morgan fingerprint density at radius 1 is 0.729 bits per heavy atom. The van der Waals surface area contributed by atoms with Crippen LogP contribution in [0.5, 0.6) is 0 Å². The second kappa shape index (κ2) is 17.7. The van der Waals surface area contributed by atoms with E-state index >= 15 is 0 Å². The van der Waals surface area contributed by atoms with Gasteiger partial charge in [-0.3, -0.25) is 19.8 Å². The first-order valence-corrected chi connectivity index (χ1v) is 21.1. The highest BCUT2D eigenvalue weighted by Crippen LogP contribution is 2.27. The van der Waals surface area contributed by atoms with Crippen molar-refractivity contribution in [3.63, 3.8) is 0 Å². The molecule has 2 N–H and O–H groups in total. The topological polar surface area (TPSA) is 201 Å². The molecule has 1 unspecified atom stereocenters. The van der Waals surface area contributed by atoms with E-state index in [1.54, 1.807) is 16.9 Å². The number of amides is 2. The maximum atomic E-state index is 13.5. The lowest BCUT2D eigenvalue weighted by atomic mass is 9.97. The third kappa shape index (κ3) is 10.1. The van der Waals surface area contributed by atoms with E-state index < -0.39 is 11.2 Å². The molecule has 322 valence electrons. The molecular weight excluding hydrogens is 828 g/mol. The largest absolute Gasteiger partial charge is 0.444 e. The van der Waals surface area contributed by atoms with Gasteiger partial charge in [-0.1, -0.05) is 19.9 Å². The third-order valence-electron chi connectivity index (χ3n) is 10.2. The van der Waals surface area contributed by atoms with Gasteiger partial charge in [-0.2, -0.15) is 19.0 Å². The molecular formula is C39H57BrN12O7. The van der Waals surface area contributed by atoms with Crippen molar-refractivity contribution in [1.82, 2.24) is 49.0 Å². The molecule has 20 heteroatoms. The molecule has 4 aromatic rings. The van der Waals surface area contributed by atoms with Crippen molar-refractivity contribution >= 4 is 56.6 Å². The van der Waals surface area contributed by atoms with Crippen LogP contribution in [0, 0.1) is 0 Å². The summed E-state index contributed by atoms with van der Waals surface area (Å²) in [5.74, 6) is 1.41. The number of ether oxygens (including phenoxy) is 3. The van der Waals surface area contributed by atoms with Crippen LogP contribution < -0.4 is 20.9 Å². The molecule has 1 aliphatic carbocycles. The Balaban J connectivity index is 0.000000204. The van der Waals surface area contributed by atoms with E-state index in [-0.39, 0.29) is 29.4 Å². The molecule has 1 atom stereocenters. The number of halogens is 1. The van der Waals surface area contributed by atoms with Gasteiger partial charge < -0.3 is 33.8 Å². The summed E-state index contributed by atoms with van der Waals surface area (Å²) in [7, 11) is 1.73. The SMILES string of the molecule is CCc1nc2nc(Br)[nH]n2c(=O)c1N1CCN(C(=O)OC(C)(C)C)CC1.CCc1nc2nc(C3=CCC(OC)CC3)[nH]n2c(=O)c1N1CCN(C(=O)OC(C)(C)C)CC1. The van der Waals surface area contributed by atoms with Gasteiger partial charge in [-0.05, 0) is 95.1 Å². The first-order valence-electron chi connectivity index (χ1n) is 20.3. The molecule has 0 radical (unpaired) electrons.